The van der Waals surface area contributed by atoms with E-state index < -0.39 is 0 Å². The predicted octanol–water partition coefficient (Wildman–Crippen LogP) is 1.63. The maximum Gasteiger partial charge on any atom is 0.347 e. The van der Waals surface area contributed by atoms with Gasteiger partial charge in [0.05, 0.1) is 5.69 Å². The number of aromatic nitrogens is 3. The van der Waals surface area contributed by atoms with Gasteiger partial charge in [0.25, 0.3) is 0 Å². The topological polar surface area (TPSA) is 50.7 Å². The van der Waals surface area contributed by atoms with Crippen molar-refractivity contribution in [2.24, 2.45) is 0 Å². The molecule has 0 saturated heterocycles. The van der Waals surface area contributed by atoms with E-state index in [1.165, 1.54) is 11.0 Å². The Labute approximate surface area is 88.7 Å². The summed E-state index contributed by atoms with van der Waals surface area (Å²) in [5.41, 5.74) is 1.56. The highest BCUT2D eigenvalue weighted by Crippen LogP contribution is 2.17. The normalized spacial score (nSPS) is 10.4. The van der Waals surface area contributed by atoms with Crippen molar-refractivity contribution in [1.29, 1.82) is 0 Å². The fourth-order valence-electron chi connectivity index (χ4n) is 1.28. The molecule has 0 amide bonds. The summed E-state index contributed by atoms with van der Waals surface area (Å²) in [5, 5.41) is 3.91. The zero-order valence-corrected chi connectivity index (χ0v) is 9.08. The minimum atomic E-state index is -0.226. The van der Waals surface area contributed by atoms with Crippen LogP contribution in [0.3, 0.4) is 0 Å². The van der Waals surface area contributed by atoms with Crippen molar-refractivity contribution < 1.29 is 0 Å². The number of rotatable bonds is 1. The minimum absolute atomic E-state index is 0.226. The maximum atomic E-state index is 11.3. The molecule has 0 fully saturated rings. The summed E-state index contributed by atoms with van der Waals surface area (Å²) in [4.78, 5) is 13.8. The molecule has 5 heteroatoms. The summed E-state index contributed by atoms with van der Waals surface area (Å²) in [6.45, 7) is 1.93. The number of aryl methyl sites for hydroxylation is 1. The zero-order chi connectivity index (χ0) is 10.1. The molecule has 2 rings (SSSR count). The number of hydrogen-bond acceptors (Lipinski definition) is 2. The first kappa shape index (κ1) is 9.21. The summed E-state index contributed by atoms with van der Waals surface area (Å²) in [5.74, 6) is 0. The van der Waals surface area contributed by atoms with Crippen LogP contribution in [0.25, 0.3) is 5.69 Å². The molecule has 72 valence electrons. The molecule has 0 bridgehead atoms. The van der Waals surface area contributed by atoms with Gasteiger partial charge in [0.2, 0.25) is 0 Å². The second-order valence-corrected chi connectivity index (χ2v) is 3.85. The van der Waals surface area contributed by atoms with Gasteiger partial charge in [-0.05, 0) is 30.7 Å². The SMILES string of the molecule is Cc1cc(Br)ccc1-n1nc[nH]c1=O. The van der Waals surface area contributed by atoms with Crippen molar-refractivity contribution in [1.82, 2.24) is 14.8 Å². The molecule has 0 spiro atoms. The number of nitrogens with one attached hydrogen (secondary N) is 1. The van der Waals surface area contributed by atoms with Crippen LogP contribution in [0.15, 0.2) is 33.8 Å². The average Bonchev–Trinajstić information content (AvgIpc) is 2.52. The third-order valence-electron chi connectivity index (χ3n) is 1.94. The lowest BCUT2D eigenvalue weighted by Crippen LogP contribution is -2.16. The fraction of sp³-hybridized carbons (Fsp3) is 0.111. The van der Waals surface area contributed by atoms with Gasteiger partial charge in [-0.3, -0.25) is 4.98 Å². The summed E-state index contributed by atoms with van der Waals surface area (Å²) in [6, 6.07) is 5.67. The van der Waals surface area contributed by atoms with Crippen molar-refractivity contribution >= 4 is 15.9 Å². The van der Waals surface area contributed by atoms with Gasteiger partial charge >= 0.3 is 5.69 Å². The van der Waals surface area contributed by atoms with Crippen LogP contribution in [0.2, 0.25) is 0 Å². The van der Waals surface area contributed by atoms with Crippen LogP contribution in [0.4, 0.5) is 0 Å². The van der Waals surface area contributed by atoms with E-state index in [4.69, 9.17) is 0 Å². The smallest absolute Gasteiger partial charge is 0.295 e. The van der Waals surface area contributed by atoms with Crippen molar-refractivity contribution in [3.63, 3.8) is 0 Å². The largest absolute Gasteiger partial charge is 0.347 e. The summed E-state index contributed by atoms with van der Waals surface area (Å²) >= 11 is 3.36. The van der Waals surface area contributed by atoms with Crippen molar-refractivity contribution in [3.05, 3.63) is 45.0 Å². The van der Waals surface area contributed by atoms with Crippen LogP contribution in [0.1, 0.15) is 5.56 Å². The molecule has 1 heterocycles. The molecule has 1 aromatic heterocycles. The standard InChI is InChI=1S/C9H8BrN3O/c1-6-4-7(10)2-3-8(6)13-9(14)11-5-12-13/h2-5H,1H3,(H,11,12,14). The molecule has 0 radical (unpaired) electrons. The Morgan fingerprint density at radius 3 is 2.86 bits per heavy atom. The van der Waals surface area contributed by atoms with E-state index in [1.54, 1.807) is 0 Å². The predicted molar refractivity (Wildman–Crippen MR) is 56.6 cm³/mol. The van der Waals surface area contributed by atoms with Gasteiger partial charge in [-0.2, -0.15) is 9.78 Å². The number of aromatic amines is 1. The quantitative estimate of drug-likeness (QED) is 0.840. The first-order chi connectivity index (χ1) is 6.68. The van der Waals surface area contributed by atoms with Gasteiger partial charge in [0, 0.05) is 4.47 Å². The highest BCUT2D eigenvalue weighted by molar-refractivity contribution is 9.10. The molecular weight excluding hydrogens is 246 g/mol. The van der Waals surface area contributed by atoms with Crippen molar-refractivity contribution in [2.45, 2.75) is 6.92 Å². The highest BCUT2D eigenvalue weighted by Gasteiger charge is 2.04. The van der Waals surface area contributed by atoms with Crippen LogP contribution >= 0.6 is 15.9 Å². The van der Waals surface area contributed by atoms with E-state index in [2.05, 4.69) is 26.0 Å². The van der Waals surface area contributed by atoms with Crippen LogP contribution in [0.5, 0.6) is 0 Å². The Bertz CT molecular complexity index is 515. The second kappa shape index (κ2) is 3.42. The lowest BCUT2D eigenvalue weighted by atomic mass is 10.2. The molecule has 0 unspecified atom stereocenters. The zero-order valence-electron chi connectivity index (χ0n) is 7.49. The van der Waals surface area contributed by atoms with Gasteiger partial charge in [-0.15, -0.1) is 0 Å². The Balaban J connectivity index is 2.63. The summed E-state index contributed by atoms with van der Waals surface area (Å²) < 4.78 is 2.32. The third kappa shape index (κ3) is 1.50. The average molecular weight is 254 g/mol. The van der Waals surface area contributed by atoms with E-state index in [9.17, 15) is 4.79 Å². The van der Waals surface area contributed by atoms with Gasteiger partial charge in [-0.25, -0.2) is 4.79 Å². The number of hydrogen-bond donors (Lipinski definition) is 1. The van der Waals surface area contributed by atoms with Crippen LogP contribution < -0.4 is 5.69 Å². The fourth-order valence-corrected chi connectivity index (χ4v) is 1.76. The molecule has 0 aliphatic heterocycles. The molecule has 0 saturated carbocycles. The van der Waals surface area contributed by atoms with Crippen molar-refractivity contribution in [2.75, 3.05) is 0 Å². The molecule has 14 heavy (non-hydrogen) atoms. The van der Waals surface area contributed by atoms with Crippen LogP contribution in [-0.2, 0) is 0 Å². The molecule has 1 aromatic carbocycles. The van der Waals surface area contributed by atoms with Crippen molar-refractivity contribution in [3.8, 4) is 5.69 Å². The molecule has 0 atom stereocenters. The Hall–Kier alpha value is -1.36. The first-order valence-electron chi connectivity index (χ1n) is 4.08. The Morgan fingerprint density at radius 2 is 2.29 bits per heavy atom. The molecule has 2 aromatic rings. The summed E-state index contributed by atoms with van der Waals surface area (Å²) in [6.07, 6.45) is 1.38. The molecule has 4 nitrogen and oxygen atoms in total. The number of benzene rings is 1. The third-order valence-corrected chi connectivity index (χ3v) is 2.43. The summed E-state index contributed by atoms with van der Waals surface area (Å²) in [7, 11) is 0. The van der Waals surface area contributed by atoms with E-state index in [-0.39, 0.29) is 5.69 Å². The lowest BCUT2D eigenvalue weighted by Gasteiger charge is -2.03. The van der Waals surface area contributed by atoms with Crippen LogP contribution in [0, 0.1) is 6.92 Å². The van der Waals surface area contributed by atoms with E-state index >= 15 is 0 Å². The number of nitrogens with zero attached hydrogens (tertiary/aromatic N) is 2. The van der Waals surface area contributed by atoms with Gasteiger partial charge in [0.1, 0.15) is 6.33 Å². The molecular formula is C9H8BrN3O. The van der Waals surface area contributed by atoms with Gasteiger partial charge in [-0.1, -0.05) is 15.9 Å². The van der Waals surface area contributed by atoms with E-state index in [1.807, 2.05) is 25.1 Å². The molecule has 0 aliphatic carbocycles. The monoisotopic (exact) mass is 253 g/mol. The Kier molecular flexibility index (Phi) is 2.25. The number of halogens is 1. The lowest BCUT2D eigenvalue weighted by molar-refractivity contribution is 0.836. The maximum absolute atomic E-state index is 11.3. The second-order valence-electron chi connectivity index (χ2n) is 2.94. The van der Waals surface area contributed by atoms with Gasteiger partial charge < -0.3 is 0 Å². The van der Waals surface area contributed by atoms with Crippen LogP contribution in [-0.4, -0.2) is 14.8 Å². The minimum Gasteiger partial charge on any atom is -0.295 e. The first-order valence-corrected chi connectivity index (χ1v) is 4.87. The molecule has 0 aliphatic rings. The Morgan fingerprint density at radius 1 is 1.50 bits per heavy atom. The van der Waals surface area contributed by atoms with E-state index in [0.29, 0.717) is 0 Å². The van der Waals surface area contributed by atoms with E-state index in [0.717, 1.165) is 15.7 Å². The highest BCUT2D eigenvalue weighted by atomic mass is 79.9. The molecule has 1 N–H and O–H groups in total. The number of H-pyrrole nitrogens is 1. The van der Waals surface area contributed by atoms with Gasteiger partial charge in [0.15, 0.2) is 0 Å².